The number of benzene rings is 1. The number of aryl methyl sites for hydroxylation is 1. The number of urea groups is 1. The van der Waals surface area contributed by atoms with E-state index in [1.165, 1.54) is 16.0 Å². The van der Waals surface area contributed by atoms with Crippen LogP contribution in [0, 0.1) is 5.92 Å². The van der Waals surface area contributed by atoms with Crippen LogP contribution >= 0.6 is 0 Å². The summed E-state index contributed by atoms with van der Waals surface area (Å²) in [5.74, 6) is 0.169. The lowest BCUT2D eigenvalue weighted by Gasteiger charge is -2.28. The molecule has 0 bridgehead atoms. The Labute approximate surface area is 144 Å². The molecule has 0 spiro atoms. The molecule has 1 saturated heterocycles. The third kappa shape index (κ3) is 4.35. The second-order valence-electron chi connectivity index (χ2n) is 6.82. The zero-order valence-electron chi connectivity index (χ0n) is 15.1. The second kappa shape index (κ2) is 8.29. The van der Waals surface area contributed by atoms with Crippen molar-refractivity contribution in [3.05, 3.63) is 35.4 Å². The van der Waals surface area contributed by atoms with Crippen molar-refractivity contribution in [2.45, 2.75) is 52.6 Å². The van der Waals surface area contributed by atoms with Crippen molar-refractivity contribution in [1.82, 2.24) is 15.5 Å². The van der Waals surface area contributed by atoms with Crippen LogP contribution in [0.15, 0.2) is 24.3 Å². The van der Waals surface area contributed by atoms with E-state index in [-0.39, 0.29) is 18.0 Å². The average molecular weight is 331 g/mol. The normalized spacial score (nSPS) is 17.0. The quantitative estimate of drug-likeness (QED) is 0.807. The Balaban J connectivity index is 2.07. The molecule has 2 rings (SSSR count). The fraction of sp³-hybridized carbons (Fsp3) is 0.579. The molecule has 1 aromatic rings. The van der Waals surface area contributed by atoms with Gasteiger partial charge in [0.1, 0.15) is 0 Å². The van der Waals surface area contributed by atoms with Gasteiger partial charge < -0.3 is 5.32 Å². The molecule has 1 aliphatic rings. The number of hydrogen-bond acceptors (Lipinski definition) is 3. The molecule has 5 heteroatoms. The standard InChI is InChI=1S/C19H29N3O2/c1-5-6-15-7-9-16(10-8-15)17(13(2)3)21-14(4)18(23)22-12-11-20-19(22)24/h7-10,13-14,17,21H,5-6,11-12H2,1-4H3,(H,20,24)/t14-,17-/m0/s1. The van der Waals surface area contributed by atoms with Gasteiger partial charge in [-0.25, -0.2) is 4.79 Å². The van der Waals surface area contributed by atoms with Gasteiger partial charge in [0.05, 0.1) is 6.04 Å². The summed E-state index contributed by atoms with van der Waals surface area (Å²) >= 11 is 0. The van der Waals surface area contributed by atoms with Crippen molar-refractivity contribution in [2.24, 2.45) is 5.92 Å². The molecule has 0 radical (unpaired) electrons. The van der Waals surface area contributed by atoms with Gasteiger partial charge in [-0.05, 0) is 30.4 Å². The maximum Gasteiger partial charge on any atom is 0.324 e. The minimum atomic E-state index is -0.406. The fourth-order valence-electron chi connectivity index (χ4n) is 3.11. The van der Waals surface area contributed by atoms with Crippen LogP contribution in [0.4, 0.5) is 4.79 Å². The topological polar surface area (TPSA) is 61.4 Å². The molecule has 0 unspecified atom stereocenters. The number of amides is 3. The number of hydrogen-bond donors (Lipinski definition) is 2. The van der Waals surface area contributed by atoms with E-state index in [1.807, 2.05) is 6.92 Å². The third-order valence-electron chi connectivity index (χ3n) is 4.47. The van der Waals surface area contributed by atoms with E-state index in [4.69, 9.17) is 0 Å². The highest BCUT2D eigenvalue weighted by Gasteiger charge is 2.31. The first kappa shape index (κ1) is 18.5. The fourth-order valence-corrected chi connectivity index (χ4v) is 3.11. The Morgan fingerprint density at radius 2 is 1.92 bits per heavy atom. The van der Waals surface area contributed by atoms with Gasteiger partial charge in [0.2, 0.25) is 5.91 Å². The zero-order chi connectivity index (χ0) is 17.7. The summed E-state index contributed by atoms with van der Waals surface area (Å²) in [7, 11) is 0. The molecule has 3 amide bonds. The maximum atomic E-state index is 12.5. The highest BCUT2D eigenvalue weighted by atomic mass is 16.2. The number of nitrogens with one attached hydrogen (secondary N) is 2. The largest absolute Gasteiger partial charge is 0.336 e. The lowest BCUT2D eigenvalue weighted by Crippen LogP contribution is -2.47. The molecule has 1 aliphatic heterocycles. The predicted molar refractivity (Wildman–Crippen MR) is 95.7 cm³/mol. The predicted octanol–water partition coefficient (Wildman–Crippen LogP) is 2.87. The molecule has 1 heterocycles. The average Bonchev–Trinajstić information content (AvgIpc) is 2.98. The van der Waals surface area contributed by atoms with E-state index in [0.29, 0.717) is 19.0 Å². The van der Waals surface area contributed by atoms with Gasteiger partial charge in [-0.3, -0.25) is 15.0 Å². The van der Waals surface area contributed by atoms with E-state index in [9.17, 15) is 9.59 Å². The number of rotatable bonds is 7. The van der Waals surface area contributed by atoms with Gasteiger partial charge >= 0.3 is 6.03 Å². The molecule has 5 nitrogen and oxygen atoms in total. The van der Waals surface area contributed by atoms with Crippen molar-refractivity contribution < 1.29 is 9.59 Å². The molecule has 0 aliphatic carbocycles. The molecule has 0 saturated carbocycles. The Hall–Kier alpha value is -1.88. The summed E-state index contributed by atoms with van der Waals surface area (Å²) in [5.41, 5.74) is 2.51. The van der Waals surface area contributed by atoms with Crippen molar-refractivity contribution >= 4 is 11.9 Å². The van der Waals surface area contributed by atoms with Gasteiger partial charge in [-0.15, -0.1) is 0 Å². The summed E-state index contributed by atoms with van der Waals surface area (Å²) in [6.45, 7) is 9.25. The van der Waals surface area contributed by atoms with Crippen molar-refractivity contribution in [3.8, 4) is 0 Å². The van der Waals surface area contributed by atoms with E-state index in [2.05, 4.69) is 55.7 Å². The number of carbonyl (C=O) groups excluding carboxylic acids is 2. The molecule has 1 aromatic carbocycles. The van der Waals surface area contributed by atoms with Gasteiger partial charge in [0.25, 0.3) is 0 Å². The maximum absolute atomic E-state index is 12.5. The van der Waals surface area contributed by atoms with Gasteiger partial charge in [-0.1, -0.05) is 51.5 Å². The molecular weight excluding hydrogens is 302 g/mol. The summed E-state index contributed by atoms with van der Waals surface area (Å²) in [6.07, 6.45) is 2.22. The molecule has 132 valence electrons. The Bertz CT molecular complexity index is 568. The summed E-state index contributed by atoms with van der Waals surface area (Å²) in [4.78, 5) is 25.5. The summed E-state index contributed by atoms with van der Waals surface area (Å²) in [5, 5.41) is 6.08. The van der Waals surface area contributed by atoms with Crippen LogP contribution in [0.3, 0.4) is 0 Å². The van der Waals surface area contributed by atoms with E-state index >= 15 is 0 Å². The highest BCUT2D eigenvalue weighted by molar-refractivity contribution is 5.98. The van der Waals surface area contributed by atoms with Crippen LogP contribution in [0.1, 0.15) is 51.3 Å². The lowest BCUT2D eigenvalue weighted by atomic mass is 9.94. The van der Waals surface area contributed by atoms with Crippen LogP contribution in [0.5, 0.6) is 0 Å². The van der Waals surface area contributed by atoms with Crippen LogP contribution < -0.4 is 10.6 Å². The third-order valence-corrected chi connectivity index (χ3v) is 4.47. The van der Waals surface area contributed by atoms with E-state index in [1.54, 1.807) is 0 Å². The zero-order valence-corrected chi connectivity index (χ0v) is 15.1. The van der Waals surface area contributed by atoms with Crippen LogP contribution in [0.2, 0.25) is 0 Å². The lowest BCUT2D eigenvalue weighted by molar-refractivity contribution is -0.129. The van der Waals surface area contributed by atoms with E-state index < -0.39 is 6.04 Å². The van der Waals surface area contributed by atoms with Crippen LogP contribution in [-0.4, -0.2) is 36.0 Å². The van der Waals surface area contributed by atoms with E-state index in [0.717, 1.165) is 12.8 Å². The molecule has 1 fully saturated rings. The van der Waals surface area contributed by atoms with Gasteiger partial charge in [0, 0.05) is 19.1 Å². The minimum absolute atomic E-state index is 0.0743. The Morgan fingerprint density at radius 3 is 2.42 bits per heavy atom. The monoisotopic (exact) mass is 331 g/mol. The number of nitrogens with zero attached hydrogens (tertiary/aromatic N) is 1. The summed E-state index contributed by atoms with van der Waals surface area (Å²) < 4.78 is 0. The van der Waals surface area contributed by atoms with Gasteiger partial charge in [0.15, 0.2) is 0 Å². The van der Waals surface area contributed by atoms with Crippen molar-refractivity contribution in [2.75, 3.05) is 13.1 Å². The first-order valence-corrected chi connectivity index (χ1v) is 8.88. The Kier molecular flexibility index (Phi) is 6.37. The molecular formula is C19H29N3O2. The summed E-state index contributed by atoms with van der Waals surface area (Å²) in [6, 6.07) is 7.98. The Morgan fingerprint density at radius 1 is 1.25 bits per heavy atom. The van der Waals surface area contributed by atoms with Crippen LogP contribution in [0.25, 0.3) is 0 Å². The SMILES string of the molecule is CCCc1ccc([C@@H](N[C@@H](C)C(=O)N2CCNC2=O)C(C)C)cc1. The number of imide groups is 1. The van der Waals surface area contributed by atoms with Gasteiger partial charge in [-0.2, -0.15) is 0 Å². The molecule has 0 aromatic heterocycles. The molecule has 2 N–H and O–H groups in total. The van der Waals surface area contributed by atoms with Crippen LogP contribution in [-0.2, 0) is 11.2 Å². The molecule has 24 heavy (non-hydrogen) atoms. The first-order valence-electron chi connectivity index (χ1n) is 8.88. The van der Waals surface area contributed by atoms with Crippen molar-refractivity contribution in [1.29, 1.82) is 0 Å². The molecule has 2 atom stereocenters. The minimum Gasteiger partial charge on any atom is -0.336 e. The van der Waals surface area contributed by atoms with Crippen molar-refractivity contribution in [3.63, 3.8) is 0 Å². The highest BCUT2D eigenvalue weighted by Crippen LogP contribution is 2.23. The second-order valence-corrected chi connectivity index (χ2v) is 6.82. The first-order chi connectivity index (χ1) is 11.4. The number of carbonyl (C=O) groups is 2. The smallest absolute Gasteiger partial charge is 0.324 e.